The molecule has 0 saturated carbocycles. The topological polar surface area (TPSA) is 93.7 Å². The van der Waals surface area contributed by atoms with Crippen molar-refractivity contribution in [2.45, 2.75) is 13.5 Å². The second kappa shape index (κ2) is 8.34. The molecule has 2 heterocycles. The number of benzene rings is 2. The summed E-state index contributed by atoms with van der Waals surface area (Å²) in [4.78, 5) is 24.7. The fourth-order valence-electron chi connectivity index (χ4n) is 2.89. The van der Waals surface area contributed by atoms with Crippen LogP contribution in [0.3, 0.4) is 0 Å². The average molecular weight is 425 g/mol. The normalized spacial score (nSPS) is 10.7. The Kier molecular flexibility index (Phi) is 5.45. The van der Waals surface area contributed by atoms with Gasteiger partial charge in [0.05, 0.1) is 0 Å². The van der Waals surface area contributed by atoms with Crippen molar-refractivity contribution >= 4 is 34.4 Å². The van der Waals surface area contributed by atoms with Gasteiger partial charge < -0.3 is 13.6 Å². The first-order valence-electron chi connectivity index (χ1n) is 9.07. The molecule has 0 aliphatic rings. The lowest BCUT2D eigenvalue weighted by Gasteiger charge is -2.05. The first-order valence-corrected chi connectivity index (χ1v) is 9.45. The van der Waals surface area contributed by atoms with Gasteiger partial charge in [0, 0.05) is 16.0 Å². The lowest BCUT2D eigenvalue weighted by Crippen LogP contribution is -2.41. The van der Waals surface area contributed by atoms with Crippen molar-refractivity contribution in [3.05, 3.63) is 88.5 Å². The Morgan fingerprint density at radius 3 is 2.53 bits per heavy atom. The number of fused-ring (bicyclic) bond motifs is 1. The summed E-state index contributed by atoms with van der Waals surface area (Å²) in [6.07, 6.45) is 0. The number of hydrogen-bond donors (Lipinski definition) is 2. The number of aryl methyl sites for hydroxylation is 1. The van der Waals surface area contributed by atoms with E-state index in [9.17, 15) is 9.59 Å². The van der Waals surface area contributed by atoms with Gasteiger partial charge in [-0.1, -0.05) is 29.8 Å². The summed E-state index contributed by atoms with van der Waals surface area (Å²) in [5, 5.41) is 1.27. The third kappa shape index (κ3) is 4.16. The molecule has 0 aliphatic heterocycles. The van der Waals surface area contributed by atoms with E-state index in [1.165, 1.54) is 6.07 Å². The lowest BCUT2D eigenvalue weighted by molar-refractivity contribution is 0.0815. The molecule has 4 rings (SSSR count). The zero-order valence-corrected chi connectivity index (χ0v) is 16.7. The van der Waals surface area contributed by atoms with Gasteiger partial charge in [0.2, 0.25) is 0 Å². The van der Waals surface area contributed by atoms with Crippen molar-refractivity contribution in [1.29, 1.82) is 0 Å². The summed E-state index contributed by atoms with van der Waals surface area (Å²) in [5.41, 5.74) is 5.79. The van der Waals surface area contributed by atoms with Crippen LogP contribution in [0.2, 0.25) is 5.02 Å². The summed E-state index contributed by atoms with van der Waals surface area (Å²) < 4.78 is 16.6. The SMILES string of the molecule is Cc1c(C(=O)NNC(=O)c2ccc(COc3ccccc3)o2)oc2ccc(Cl)cc12. The van der Waals surface area contributed by atoms with E-state index < -0.39 is 11.8 Å². The van der Waals surface area contributed by atoms with Gasteiger partial charge >= 0.3 is 11.8 Å². The molecule has 2 N–H and O–H groups in total. The molecular formula is C22H17ClN2O5. The third-order valence-corrected chi connectivity index (χ3v) is 4.64. The Morgan fingerprint density at radius 1 is 0.967 bits per heavy atom. The highest BCUT2D eigenvalue weighted by Crippen LogP contribution is 2.27. The molecule has 0 saturated heterocycles. The quantitative estimate of drug-likeness (QED) is 0.455. The average Bonchev–Trinajstić information content (AvgIpc) is 3.36. The van der Waals surface area contributed by atoms with E-state index in [-0.39, 0.29) is 18.1 Å². The van der Waals surface area contributed by atoms with Gasteiger partial charge in [-0.25, -0.2) is 0 Å². The number of amides is 2. The number of ether oxygens (including phenoxy) is 1. The van der Waals surface area contributed by atoms with Crippen LogP contribution in [0.5, 0.6) is 5.75 Å². The molecule has 2 aromatic heterocycles. The van der Waals surface area contributed by atoms with Crippen LogP contribution in [-0.2, 0) is 6.61 Å². The highest BCUT2D eigenvalue weighted by atomic mass is 35.5. The molecular weight excluding hydrogens is 408 g/mol. The number of hydrazine groups is 1. The van der Waals surface area contributed by atoms with Gasteiger partial charge in [-0.2, -0.15) is 0 Å². The van der Waals surface area contributed by atoms with Crippen LogP contribution < -0.4 is 15.6 Å². The number of carbonyl (C=O) groups is 2. The van der Waals surface area contributed by atoms with Crippen LogP contribution in [0.25, 0.3) is 11.0 Å². The van der Waals surface area contributed by atoms with Crippen LogP contribution >= 0.6 is 11.6 Å². The summed E-state index contributed by atoms with van der Waals surface area (Å²) >= 11 is 5.99. The standard InChI is InChI=1S/C22H17ClN2O5/c1-13-17-11-14(23)7-9-18(17)30-20(13)22(27)25-24-21(26)19-10-8-16(29-19)12-28-15-5-3-2-4-6-15/h2-11H,12H2,1H3,(H,24,26)(H,25,27). The number of rotatable bonds is 5. The molecule has 0 aliphatic carbocycles. The smallest absolute Gasteiger partial charge is 0.305 e. The third-order valence-electron chi connectivity index (χ3n) is 4.40. The minimum Gasteiger partial charge on any atom is -0.486 e. The second-order valence-electron chi connectivity index (χ2n) is 6.47. The molecule has 0 radical (unpaired) electrons. The first kappa shape index (κ1) is 19.6. The molecule has 4 aromatic rings. The van der Waals surface area contributed by atoms with Crippen LogP contribution in [0.4, 0.5) is 0 Å². The van der Waals surface area contributed by atoms with E-state index in [0.717, 1.165) is 5.39 Å². The number of hydrogen-bond acceptors (Lipinski definition) is 5. The molecule has 30 heavy (non-hydrogen) atoms. The maximum absolute atomic E-state index is 12.4. The molecule has 2 amide bonds. The summed E-state index contributed by atoms with van der Waals surface area (Å²) in [5.74, 6) is 0.0903. The van der Waals surface area contributed by atoms with Crippen LogP contribution in [-0.4, -0.2) is 11.8 Å². The fourth-order valence-corrected chi connectivity index (χ4v) is 3.06. The van der Waals surface area contributed by atoms with Crippen molar-refractivity contribution < 1.29 is 23.2 Å². The maximum atomic E-state index is 12.4. The van der Waals surface area contributed by atoms with Crippen LogP contribution in [0, 0.1) is 6.92 Å². The van der Waals surface area contributed by atoms with Gasteiger partial charge in [0.25, 0.3) is 0 Å². The summed E-state index contributed by atoms with van der Waals surface area (Å²) in [6.45, 7) is 1.91. The Bertz CT molecular complexity index is 1210. The van der Waals surface area contributed by atoms with Crippen molar-refractivity contribution in [3.63, 3.8) is 0 Å². The Labute approximate surface area is 176 Å². The molecule has 7 nitrogen and oxygen atoms in total. The lowest BCUT2D eigenvalue weighted by atomic mass is 10.1. The number of para-hydroxylation sites is 1. The van der Waals surface area contributed by atoms with Gasteiger partial charge in [-0.05, 0) is 49.4 Å². The summed E-state index contributed by atoms with van der Waals surface area (Å²) in [7, 11) is 0. The molecule has 2 aromatic carbocycles. The largest absolute Gasteiger partial charge is 0.486 e. The van der Waals surface area contributed by atoms with Crippen molar-refractivity contribution in [2.24, 2.45) is 0 Å². The minimum absolute atomic E-state index is 0.0371. The van der Waals surface area contributed by atoms with Crippen molar-refractivity contribution in [1.82, 2.24) is 10.9 Å². The predicted octanol–water partition coefficient (Wildman–Crippen LogP) is 4.64. The van der Waals surface area contributed by atoms with Gasteiger partial charge in [-0.3, -0.25) is 20.4 Å². The van der Waals surface area contributed by atoms with E-state index >= 15 is 0 Å². The van der Waals surface area contributed by atoms with Crippen LogP contribution in [0.15, 0.2) is 69.5 Å². The van der Waals surface area contributed by atoms with E-state index in [1.54, 1.807) is 31.2 Å². The zero-order chi connectivity index (χ0) is 21.1. The molecule has 0 unspecified atom stereocenters. The van der Waals surface area contributed by atoms with Crippen molar-refractivity contribution in [3.8, 4) is 5.75 Å². The minimum atomic E-state index is -0.605. The zero-order valence-electron chi connectivity index (χ0n) is 15.9. The van der Waals surface area contributed by atoms with E-state index in [1.807, 2.05) is 30.3 Å². The number of halogens is 1. The van der Waals surface area contributed by atoms with E-state index in [2.05, 4.69) is 10.9 Å². The Hall–Kier alpha value is -3.71. The molecule has 8 heteroatoms. The predicted molar refractivity (Wildman–Crippen MR) is 110 cm³/mol. The fraction of sp³-hybridized carbons (Fsp3) is 0.0909. The monoisotopic (exact) mass is 424 g/mol. The number of furan rings is 2. The highest BCUT2D eigenvalue weighted by Gasteiger charge is 2.19. The van der Waals surface area contributed by atoms with E-state index in [0.29, 0.717) is 27.7 Å². The second-order valence-corrected chi connectivity index (χ2v) is 6.91. The Balaban J connectivity index is 1.36. The van der Waals surface area contributed by atoms with Gasteiger partial charge in [0.15, 0.2) is 11.5 Å². The molecule has 0 atom stereocenters. The highest BCUT2D eigenvalue weighted by molar-refractivity contribution is 6.31. The van der Waals surface area contributed by atoms with Crippen LogP contribution in [0.1, 0.15) is 32.4 Å². The Morgan fingerprint density at radius 2 is 1.73 bits per heavy atom. The molecule has 0 bridgehead atoms. The number of carbonyl (C=O) groups excluding carboxylic acids is 2. The van der Waals surface area contributed by atoms with Gasteiger partial charge in [0.1, 0.15) is 23.7 Å². The summed E-state index contributed by atoms with van der Waals surface area (Å²) in [6, 6.07) is 17.4. The molecule has 0 fully saturated rings. The van der Waals surface area contributed by atoms with Crippen molar-refractivity contribution in [2.75, 3.05) is 0 Å². The van der Waals surface area contributed by atoms with Gasteiger partial charge in [-0.15, -0.1) is 0 Å². The van der Waals surface area contributed by atoms with E-state index in [4.69, 9.17) is 25.2 Å². The first-order chi connectivity index (χ1) is 14.5. The molecule has 0 spiro atoms. The number of nitrogens with one attached hydrogen (secondary N) is 2. The maximum Gasteiger partial charge on any atom is 0.305 e. The molecule has 152 valence electrons.